The number of hydrogen-bond donors (Lipinski definition) is 2. The van der Waals surface area contributed by atoms with Crippen molar-refractivity contribution in [1.82, 2.24) is 15.0 Å². The largest absolute Gasteiger partial charge is 0.369 e. The molecule has 3 heterocycles. The summed E-state index contributed by atoms with van der Waals surface area (Å²) in [6, 6.07) is 10.2. The zero-order valence-electron chi connectivity index (χ0n) is 13.3. The molecule has 3 aromatic rings. The van der Waals surface area contributed by atoms with Crippen molar-refractivity contribution in [3.05, 3.63) is 42.9 Å². The van der Waals surface area contributed by atoms with E-state index in [-0.39, 0.29) is 11.8 Å². The molecular formula is C18H19N5O. The molecule has 24 heavy (non-hydrogen) atoms. The Morgan fingerprint density at radius 1 is 1.25 bits per heavy atom. The van der Waals surface area contributed by atoms with E-state index in [1.807, 2.05) is 24.4 Å². The van der Waals surface area contributed by atoms with Crippen molar-refractivity contribution in [2.75, 3.05) is 18.0 Å². The Labute approximate surface area is 139 Å². The molecule has 0 spiro atoms. The molecule has 1 atom stereocenters. The van der Waals surface area contributed by atoms with E-state index in [0.717, 1.165) is 47.4 Å². The number of nitrogens with two attached hydrogens (primary N) is 1. The lowest BCUT2D eigenvalue weighted by Gasteiger charge is -2.32. The van der Waals surface area contributed by atoms with Gasteiger partial charge in [0, 0.05) is 24.8 Å². The molecule has 0 radical (unpaired) electrons. The summed E-state index contributed by atoms with van der Waals surface area (Å²) in [6.07, 6.45) is 5.31. The van der Waals surface area contributed by atoms with Crippen molar-refractivity contribution in [3.63, 3.8) is 0 Å². The molecule has 1 aliphatic heterocycles. The number of anilines is 1. The van der Waals surface area contributed by atoms with Crippen LogP contribution in [0.3, 0.4) is 0 Å². The molecule has 1 aliphatic rings. The third kappa shape index (κ3) is 2.50. The Balaban J connectivity index is 1.81. The van der Waals surface area contributed by atoms with E-state index >= 15 is 0 Å². The maximum absolute atomic E-state index is 11.6. The summed E-state index contributed by atoms with van der Waals surface area (Å²) in [5.41, 5.74) is 8.51. The standard InChI is InChI=1S/C18H19N5O/c19-16(24)13-7-4-8-23(10-13)18-15-14(12-5-2-1-3-6-12)9-20-17(15)21-11-22-18/h1-3,5-6,9,11,13H,4,7-8,10H2,(H2,19,24)(H,20,21,22). The van der Waals surface area contributed by atoms with E-state index in [1.54, 1.807) is 6.33 Å². The van der Waals surface area contributed by atoms with Gasteiger partial charge < -0.3 is 15.6 Å². The molecule has 1 fully saturated rings. The van der Waals surface area contributed by atoms with Gasteiger partial charge >= 0.3 is 0 Å². The monoisotopic (exact) mass is 321 g/mol. The number of primary amides is 1. The number of hydrogen-bond acceptors (Lipinski definition) is 4. The number of benzene rings is 1. The van der Waals surface area contributed by atoms with Gasteiger partial charge in [-0.1, -0.05) is 30.3 Å². The summed E-state index contributed by atoms with van der Waals surface area (Å²) in [5.74, 6) is 0.510. The van der Waals surface area contributed by atoms with Gasteiger partial charge in [-0.15, -0.1) is 0 Å². The van der Waals surface area contributed by atoms with Crippen molar-refractivity contribution in [2.45, 2.75) is 12.8 Å². The van der Waals surface area contributed by atoms with Crippen LogP contribution in [-0.4, -0.2) is 33.9 Å². The van der Waals surface area contributed by atoms with E-state index in [9.17, 15) is 4.79 Å². The third-order valence-electron chi connectivity index (χ3n) is 4.66. The molecule has 1 aromatic carbocycles. The van der Waals surface area contributed by atoms with Crippen LogP contribution < -0.4 is 10.6 Å². The molecule has 6 heteroatoms. The van der Waals surface area contributed by atoms with Crippen LogP contribution >= 0.6 is 0 Å². The van der Waals surface area contributed by atoms with Crippen LogP contribution in [0.4, 0.5) is 5.82 Å². The Morgan fingerprint density at radius 2 is 2.08 bits per heavy atom. The number of aromatic amines is 1. The lowest BCUT2D eigenvalue weighted by Crippen LogP contribution is -2.41. The zero-order valence-corrected chi connectivity index (χ0v) is 13.3. The van der Waals surface area contributed by atoms with Crippen LogP contribution in [0.1, 0.15) is 12.8 Å². The quantitative estimate of drug-likeness (QED) is 0.775. The highest BCUT2D eigenvalue weighted by Gasteiger charge is 2.27. The number of fused-ring (bicyclic) bond motifs is 1. The molecule has 1 amide bonds. The smallest absolute Gasteiger partial charge is 0.222 e. The summed E-state index contributed by atoms with van der Waals surface area (Å²) in [5, 5.41) is 0.994. The molecule has 3 N–H and O–H groups in total. The first kappa shape index (κ1) is 14.7. The predicted molar refractivity (Wildman–Crippen MR) is 93.5 cm³/mol. The fourth-order valence-corrected chi connectivity index (χ4v) is 3.43. The summed E-state index contributed by atoms with van der Waals surface area (Å²) in [6.45, 7) is 1.48. The Kier molecular flexibility index (Phi) is 3.65. The van der Waals surface area contributed by atoms with E-state index in [4.69, 9.17) is 5.73 Å². The molecule has 6 nitrogen and oxygen atoms in total. The number of nitrogens with one attached hydrogen (secondary N) is 1. The third-order valence-corrected chi connectivity index (χ3v) is 4.66. The topological polar surface area (TPSA) is 87.9 Å². The maximum atomic E-state index is 11.6. The second-order valence-electron chi connectivity index (χ2n) is 6.18. The number of rotatable bonds is 3. The first-order valence-electron chi connectivity index (χ1n) is 8.16. The maximum Gasteiger partial charge on any atom is 0.222 e. The molecular weight excluding hydrogens is 302 g/mol. The number of aromatic nitrogens is 3. The Morgan fingerprint density at radius 3 is 2.88 bits per heavy atom. The Bertz CT molecular complexity index is 874. The highest BCUT2D eigenvalue weighted by Crippen LogP contribution is 2.34. The van der Waals surface area contributed by atoms with Crippen LogP contribution in [0.15, 0.2) is 42.9 Å². The van der Waals surface area contributed by atoms with Crippen LogP contribution in [0.25, 0.3) is 22.2 Å². The van der Waals surface area contributed by atoms with Crippen molar-refractivity contribution >= 4 is 22.8 Å². The number of nitrogens with zero attached hydrogens (tertiary/aromatic N) is 3. The molecule has 4 rings (SSSR count). The van der Waals surface area contributed by atoms with Gasteiger partial charge in [-0.05, 0) is 18.4 Å². The lowest BCUT2D eigenvalue weighted by atomic mass is 9.97. The van der Waals surface area contributed by atoms with Crippen molar-refractivity contribution in [2.24, 2.45) is 11.7 Å². The number of piperidine rings is 1. The van der Waals surface area contributed by atoms with Gasteiger partial charge in [0.1, 0.15) is 17.8 Å². The molecule has 0 bridgehead atoms. The average molecular weight is 321 g/mol. The highest BCUT2D eigenvalue weighted by molar-refractivity contribution is 6.01. The van der Waals surface area contributed by atoms with Gasteiger partial charge in [-0.2, -0.15) is 0 Å². The second kappa shape index (κ2) is 5.96. The fourth-order valence-electron chi connectivity index (χ4n) is 3.43. The molecule has 2 aromatic heterocycles. The molecule has 0 aliphatic carbocycles. The first-order valence-corrected chi connectivity index (χ1v) is 8.16. The van der Waals surface area contributed by atoms with Crippen LogP contribution in [0, 0.1) is 5.92 Å². The van der Waals surface area contributed by atoms with Crippen LogP contribution in [0.2, 0.25) is 0 Å². The van der Waals surface area contributed by atoms with E-state index in [0.29, 0.717) is 6.54 Å². The van der Waals surface area contributed by atoms with Crippen LogP contribution in [0.5, 0.6) is 0 Å². The minimum absolute atomic E-state index is 0.122. The van der Waals surface area contributed by atoms with Crippen molar-refractivity contribution < 1.29 is 4.79 Å². The fraction of sp³-hybridized carbons (Fsp3) is 0.278. The molecule has 1 saturated heterocycles. The van der Waals surface area contributed by atoms with Gasteiger partial charge in [-0.25, -0.2) is 9.97 Å². The summed E-state index contributed by atoms with van der Waals surface area (Å²) in [4.78, 5) is 25.9. The minimum atomic E-state index is -0.234. The SMILES string of the molecule is NC(=O)C1CCCN(c2ncnc3[nH]cc(-c4ccccc4)c23)C1. The van der Waals surface area contributed by atoms with Crippen molar-refractivity contribution in [3.8, 4) is 11.1 Å². The number of carbonyl (C=O) groups excluding carboxylic acids is 1. The summed E-state index contributed by atoms with van der Waals surface area (Å²) < 4.78 is 0. The number of amides is 1. The molecule has 0 saturated carbocycles. The number of H-pyrrole nitrogens is 1. The molecule has 1 unspecified atom stereocenters. The summed E-state index contributed by atoms with van der Waals surface area (Å²) >= 11 is 0. The molecule has 122 valence electrons. The van der Waals surface area contributed by atoms with E-state index in [1.165, 1.54) is 0 Å². The van der Waals surface area contributed by atoms with E-state index in [2.05, 4.69) is 32.0 Å². The highest BCUT2D eigenvalue weighted by atomic mass is 16.1. The summed E-state index contributed by atoms with van der Waals surface area (Å²) in [7, 11) is 0. The van der Waals surface area contributed by atoms with Gasteiger partial charge in [-0.3, -0.25) is 4.79 Å². The average Bonchev–Trinajstić information content (AvgIpc) is 3.07. The Hall–Kier alpha value is -2.89. The van der Waals surface area contributed by atoms with Crippen molar-refractivity contribution in [1.29, 1.82) is 0 Å². The zero-order chi connectivity index (χ0) is 16.5. The second-order valence-corrected chi connectivity index (χ2v) is 6.18. The van der Waals surface area contributed by atoms with Gasteiger partial charge in [0.05, 0.1) is 11.3 Å². The minimum Gasteiger partial charge on any atom is -0.369 e. The normalized spacial score (nSPS) is 18.0. The van der Waals surface area contributed by atoms with Gasteiger partial charge in [0.15, 0.2) is 0 Å². The van der Waals surface area contributed by atoms with Crippen LogP contribution in [-0.2, 0) is 4.79 Å². The van der Waals surface area contributed by atoms with Gasteiger partial charge in [0.2, 0.25) is 5.91 Å². The number of carbonyl (C=O) groups is 1. The van der Waals surface area contributed by atoms with Gasteiger partial charge in [0.25, 0.3) is 0 Å². The van der Waals surface area contributed by atoms with E-state index < -0.39 is 0 Å². The lowest BCUT2D eigenvalue weighted by molar-refractivity contribution is -0.122. The first-order chi connectivity index (χ1) is 11.7. The predicted octanol–water partition coefficient (Wildman–Crippen LogP) is 2.33.